The highest BCUT2D eigenvalue weighted by molar-refractivity contribution is 5.49. The molecule has 0 saturated heterocycles. The van der Waals surface area contributed by atoms with Crippen molar-refractivity contribution in [2.45, 2.75) is 46.1 Å². The van der Waals surface area contributed by atoms with E-state index in [1.807, 2.05) is 0 Å². The maximum absolute atomic E-state index is 6.21. The highest BCUT2D eigenvalue weighted by Crippen LogP contribution is 2.66. The van der Waals surface area contributed by atoms with Crippen LogP contribution in [0.4, 0.5) is 5.69 Å². The van der Waals surface area contributed by atoms with Crippen LogP contribution in [0.25, 0.3) is 0 Å². The molecule has 4 nitrogen and oxygen atoms in total. The van der Waals surface area contributed by atoms with Gasteiger partial charge in [0.1, 0.15) is 6.10 Å². The van der Waals surface area contributed by atoms with Crippen LogP contribution in [0.3, 0.4) is 0 Å². The highest BCUT2D eigenvalue weighted by atomic mass is 16.5. The van der Waals surface area contributed by atoms with E-state index >= 15 is 0 Å². The number of aromatic nitrogens is 1. The number of pyridine rings is 1. The number of nitrogens with two attached hydrogens (primary N) is 1. The lowest BCUT2D eigenvalue weighted by atomic mass is 9.70. The van der Waals surface area contributed by atoms with Gasteiger partial charge in [0.05, 0.1) is 12.8 Å². The minimum Gasteiger partial charge on any atom is -0.481 e. The standard InChI is InChI=1S/C16H24N2O2/c1-15(2)10-7-8-16(15,3)12(9-10)20-14-11(17)5-6-13(18-14)19-4/h5-6,10,12H,7-9,17H2,1-4H3. The molecule has 0 radical (unpaired) electrons. The van der Waals surface area contributed by atoms with Crippen LogP contribution in [-0.2, 0) is 0 Å². The Balaban J connectivity index is 1.87. The molecule has 1 aromatic rings. The summed E-state index contributed by atoms with van der Waals surface area (Å²) in [7, 11) is 1.60. The maximum Gasteiger partial charge on any atom is 0.240 e. The van der Waals surface area contributed by atoms with E-state index in [-0.39, 0.29) is 11.5 Å². The summed E-state index contributed by atoms with van der Waals surface area (Å²) < 4.78 is 11.4. The smallest absolute Gasteiger partial charge is 0.240 e. The summed E-state index contributed by atoms with van der Waals surface area (Å²) in [5.41, 5.74) is 7.09. The molecule has 3 unspecified atom stereocenters. The van der Waals surface area contributed by atoms with Crippen LogP contribution in [-0.4, -0.2) is 18.2 Å². The molecule has 1 heterocycles. The molecule has 0 amide bonds. The number of nitrogen functional groups attached to an aromatic ring is 1. The molecule has 2 fully saturated rings. The Bertz CT molecular complexity index is 529. The van der Waals surface area contributed by atoms with E-state index in [9.17, 15) is 0 Å². The van der Waals surface area contributed by atoms with Crippen molar-refractivity contribution in [1.82, 2.24) is 4.98 Å². The number of fused-ring (bicyclic) bond motifs is 2. The summed E-state index contributed by atoms with van der Waals surface area (Å²) in [4.78, 5) is 4.35. The molecule has 2 N–H and O–H groups in total. The molecular formula is C16H24N2O2. The van der Waals surface area contributed by atoms with Crippen molar-refractivity contribution < 1.29 is 9.47 Å². The highest BCUT2D eigenvalue weighted by Gasteiger charge is 2.62. The lowest BCUT2D eigenvalue weighted by Gasteiger charge is -2.38. The minimum atomic E-state index is 0.193. The molecule has 4 heteroatoms. The fraction of sp³-hybridized carbons (Fsp3) is 0.688. The Morgan fingerprint density at radius 3 is 2.60 bits per heavy atom. The first-order valence-corrected chi connectivity index (χ1v) is 7.35. The third-order valence-corrected chi connectivity index (χ3v) is 6.04. The van der Waals surface area contributed by atoms with Crippen LogP contribution in [0.5, 0.6) is 11.8 Å². The van der Waals surface area contributed by atoms with Gasteiger partial charge in [-0.25, -0.2) is 0 Å². The van der Waals surface area contributed by atoms with Crippen LogP contribution in [0.2, 0.25) is 0 Å². The second-order valence-electron chi connectivity index (χ2n) is 6.96. The largest absolute Gasteiger partial charge is 0.481 e. The molecule has 3 rings (SSSR count). The second kappa shape index (κ2) is 4.27. The molecule has 20 heavy (non-hydrogen) atoms. The van der Waals surface area contributed by atoms with Crippen molar-refractivity contribution in [3.8, 4) is 11.8 Å². The Hall–Kier alpha value is -1.45. The zero-order valence-electron chi connectivity index (χ0n) is 12.8. The predicted octanol–water partition coefficient (Wildman–Crippen LogP) is 3.27. The fourth-order valence-corrected chi connectivity index (χ4v) is 4.09. The molecule has 110 valence electrons. The van der Waals surface area contributed by atoms with Crippen molar-refractivity contribution in [1.29, 1.82) is 0 Å². The number of nitrogens with zero attached hydrogens (tertiary/aromatic N) is 1. The Kier molecular flexibility index (Phi) is 2.89. The first-order valence-electron chi connectivity index (χ1n) is 7.35. The first kappa shape index (κ1) is 13.5. The van der Waals surface area contributed by atoms with Gasteiger partial charge >= 0.3 is 0 Å². The molecule has 2 aliphatic carbocycles. The number of anilines is 1. The summed E-state index contributed by atoms with van der Waals surface area (Å²) in [6, 6.07) is 3.55. The number of hydrogen-bond acceptors (Lipinski definition) is 4. The van der Waals surface area contributed by atoms with E-state index < -0.39 is 0 Å². The van der Waals surface area contributed by atoms with Crippen LogP contribution in [0, 0.1) is 16.7 Å². The van der Waals surface area contributed by atoms with Gasteiger partial charge in [0, 0.05) is 11.5 Å². The van der Waals surface area contributed by atoms with Crippen LogP contribution in [0.15, 0.2) is 12.1 Å². The summed E-state index contributed by atoms with van der Waals surface area (Å²) in [6.07, 6.45) is 3.82. The lowest BCUT2D eigenvalue weighted by Crippen LogP contribution is -2.39. The van der Waals surface area contributed by atoms with Crippen LogP contribution < -0.4 is 15.2 Å². The topological polar surface area (TPSA) is 57.4 Å². The Morgan fingerprint density at radius 2 is 2.05 bits per heavy atom. The summed E-state index contributed by atoms with van der Waals surface area (Å²) >= 11 is 0. The quantitative estimate of drug-likeness (QED) is 0.920. The third-order valence-electron chi connectivity index (χ3n) is 6.04. The SMILES string of the molecule is COc1ccc(N)c(OC2CC3CCC2(C)C3(C)C)n1. The van der Waals surface area contributed by atoms with Crippen molar-refractivity contribution >= 4 is 5.69 Å². The molecule has 0 aromatic carbocycles. The van der Waals surface area contributed by atoms with Crippen LogP contribution in [0.1, 0.15) is 40.0 Å². The van der Waals surface area contributed by atoms with Crippen molar-refractivity contribution in [3.05, 3.63) is 12.1 Å². The summed E-state index contributed by atoms with van der Waals surface area (Å²) in [5.74, 6) is 1.80. The van der Waals surface area contributed by atoms with Gasteiger partial charge in [-0.1, -0.05) is 20.8 Å². The number of methoxy groups -OCH3 is 1. The van der Waals surface area contributed by atoms with Crippen molar-refractivity contribution in [2.24, 2.45) is 16.7 Å². The minimum absolute atomic E-state index is 0.193. The van der Waals surface area contributed by atoms with Gasteiger partial charge in [0.25, 0.3) is 0 Å². The van der Waals surface area contributed by atoms with Crippen molar-refractivity contribution in [2.75, 3.05) is 12.8 Å². The molecule has 2 saturated carbocycles. The van der Waals surface area contributed by atoms with E-state index in [2.05, 4.69) is 25.8 Å². The van der Waals surface area contributed by atoms with E-state index in [0.717, 1.165) is 12.3 Å². The second-order valence-corrected chi connectivity index (χ2v) is 6.96. The van der Waals surface area contributed by atoms with Gasteiger partial charge < -0.3 is 15.2 Å². The molecule has 3 atom stereocenters. The number of ether oxygens (including phenoxy) is 2. The van der Waals surface area contributed by atoms with Gasteiger partial charge in [-0.15, -0.1) is 0 Å². The van der Waals surface area contributed by atoms with E-state index in [1.165, 1.54) is 12.8 Å². The Morgan fingerprint density at radius 1 is 1.30 bits per heavy atom. The molecule has 2 bridgehead atoms. The monoisotopic (exact) mass is 276 g/mol. The van der Waals surface area contributed by atoms with Crippen LogP contribution >= 0.6 is 0 Å². The van der Waals surface area contributed by atoms with Crippen molar-refractivity contribution in [3.63, 3.8) is 0 Å². The number of rotatable bonds is 3. The molecule has 0 aliphatic heterocycles. The van der Waals surface area contributed by atoms with Gasteiger partial charge in [0.2, 0.25) is 11.8 Å². The maximum atomic E-state index is 6.21. The van der Waals surface area contributed by atoms with Gasteiger partial charge in [-0.05, 0) is 36.7 Å². The molecule has 1 aromatic heterocycles. The zero-order valence-corrected chi connectivity index (χ0v) is 12.8. The van der Waals surface area contributed by atoms with Gasteiger partial charge in [0.15, 0.2) is 0 Å². The molecule has 2 aliphatic rings. The number of hydrogen-bond donors (Lipinski definition) is 1. The third kappa shape index (κ3) is 1.70. The molecule has 0 spiro atoms. The predicted molar refractivity (Wildman–Crippen MR) is 78.8 cm³/mol. The Labute approximate surface area is 120 Å². The zero-order chi connectivity index (χ0) is 14.5. The van der Waals surface area contributed by atoms with E-state index in [0.29, 0.717) is 22.9 Å². The normalized spacial score (nSPS) is 34.2. The van der Waals surface area contributed by atoms with Gasteiger partial charge in [-0.3, -0.25) is 0 Å². The fourth-order valence-electron chi connectivity index (χ4n) is 4.09. The first-order chi connectivity index (χ1) is 9.38. The average Bonchev–Trinajstić information content (AvgIpc) is 2.74. The summed E-state index contributed by atoms with van der Waals surface area (Å²) in [5, 5.41) is 0. The lowest BCUT2D eigenvalue weighted by molar-refractivity contribution is 0.0275. The van der Waals surface area contributed by atoms with Gasteiger partial charge in [-0.2, -0.15) is 4.98 Å². The van der Waals surface area contributed by atoms with E-state index in [4.69, 9.17) is 15.2 Å². The van der Waals surface area contributed by atoms with E-state index in [1.54, 1.807) is 19.2 Å². The summed E-state index contributed by atoms with van der Waals surface area (Å²) in [6.45, 7) is 7.09. The molecular weight excluding hydrogens is 252 g/mol. The average molecular weight is 276 g/mol.